The summed E-state index contributed by atoms with van der Waals surface area (Å²) in [5.41, 5.74) is 1.35. The minimum atomic E-state index is -0.825. The Balaban J connectivity index is 1.98. The summed E-state index contributed by atoms with van der Waals surface area (Å²) in [5.74, 6) is 1.71. The van der Waals surface area contributed by atoms with Gasteiger partial charge >= 0.3 is 0 Å². The smallest absolute Gasteiger partial charge is 0.178 e. The van der Waals surface area contributed by atoms with Crippen molar-refractivity contribution in [3.05, 3.63) is 59.7 Å². The second-order valence-electron chi connectivity index (χ2n) is 6.98. The highest BCUT2D eigenvalue weighted by Gasteiger charge is 2.32. The van der Waals surface area contributed by atoms with Crippen molar-refractivity contribution in [1.82, 2.24) is 0 Å². The first-order valence-corrected chi connectivity index (χ1v) is 8.84. The van der Waals surface area contributed by atoms with E-state index in [2.05, 4.69) is 0 Å². The van der Waals surface area contributed by atoms with Gasteiger partial charge in [-0.25, -0.2) is 0 Å². The lowest BCUT2D eigenvalue weighted by Gasteiger charge is -2.27. The third kappa shape index (κ3) is 5.09. The Morgan fingerprint density at radius 3 is 2.32 bits per heavy atom. The van der Waals surface area contributed by atoms with Crippen molar-refractivity contribution in [1.29, 1.82) is 0 Å². The molecule has 0 spiro atoms. The number of ketones is 1. The molecule has 0 aliphatic heterocycles. The second-order valence-corrected chi connectivity index (χ2v) is 6.98. The summed E-state index contributed by atoms with van der Waals surface area (Å²) in [4.78, 5) is 12.4. The third-order valence-electron chi connectivity index (χ3n) is 4.44. The summed E-state index contributed by atoms with van der Waals surface area (Å²) >= 11 is 0. The van der Waals surface area contributed by atoms with Crippen LogP contribution in [0, 0.1) is 12.8 Å². The van der Waals surface area contributed by atoms with Gasteiger partial charge in [0.1, 0.15) is 18.1 Å². The molecular formula is C22H28O3. The average Bonchev–Trinajstić information content (AvgIpc) is 2.60. The van der Waals surface area contributed by atoms with Crippen molar-refractivity contribution in [2.24, 2.45) is 5.92 Å². The molecule has 0 saturated carbocycles. The third-order valence-corrected chi connectivity index (χ3v) is 4.44. The van der Waals surface area contributed by atoms with Gasteiger partial charge in [0.15, 0.2) is 11.4 Å². The number of hydrogen-bond acceptors (Lipinski definition) is 3. The van der Waals surface area contributed by atoms with Crippen molar-refractivity contribution < 1.29 is 14.3 Å². The van der Waals surface area contributed by atoms with Gasteiger partial charge in [0.05, 0.1) is 0 Å². The van der Waals surface area contributed by atoms with Gasteiger partial charge in [-0.15, -0.1) is 0 Å². The molecule has 1 atom stereocenters. The molecule has 2 aromatic carbocycles. The largest absolute Gasteiger partial charge is 0.489 e. The Morgan fingerprint density at radius 2 is 1.72 bits per heavy atom. The number of benzene rings is 2. The molecule has 0 amide bonds. The number of carbonyl (C=O) groups is 1. The summed E-state index contributed by atoms with van der Waals surface area (Å²) < 4.78 is 11.8. The maximum Gasteiger partial charge on any atom is 0.178 e. The number of aryl methyl sites for hydroxylation is 1. The topological polar surface area (TPSA) is 35.5 Å². The van der Waals surface area contributed by atoms with E-state index in [1.165, 1.54) is 0 Å². The molecule has 0 heterocycles. The Morgan fingerprint density at radius 1 is 1.08 bits per heavy atom. The molecule has 0 aliphatic rings. The van der Waals surface area contributed by atoms with Crippen LogP contribution in [-0.4, -0.2) is 11.4 Å². The van der Waals surface area contributed by atoms with Crippen molar-refractivity contribution in [3.8, 4) is 11.5 Å². The summed E-state index contributed by atoms with van der Waals surface area (Å²) in [5, 5.41) is 0. The molecule has 25 heavy (non-hydrogen) atoms. The van der Waals surface area contributed by atoms with Crippen LogP contribution in [0.1, 0.15) is 45.2 Å². The summed E-state index contributed by atoms with van der Waals surface area (Å²) in [6.07, 6.45) is 0.820. The molecule has 1 unspecified atom stereocenters. The maximum atomic E-state index is 12.4. The van der Waals surface area contributed by atoms with Crippen LogP contribution in [0.3, 0.4) is 0 Å². The Labute approximate surface area is 151 Å². The van der Waals surface area contributed by atoms with E-state index in [4.69, 9.17) is 9.47 Å². The van der Waals surface area contributed by atoms with Gasteiger partial charge in [-0.1, -0.05) is 44.2 Å². The lowest BCUT2D eigenvalue weighted by atomic mass is 9.91. The van der Waals surface area contributed by atoms with E-state index in [9.17, 15) is 4.79 Å². The number of Topliss-reactive ketones (excluding diaryl/α,β-unsaturated/α-hetero) is 1. The lowest BCUT2D eigenvalue weighted by Crippen LogP contribution is -2.41. The minimum Gasteiger partial charge on any atom is -0.489 e. The number of rotatable bonds is 8. The lowest BCUT2D eigenvalue weighted by molar-refractivity contribution is -0.135. The molecule has 3 nitrogen and oxygen atoms in total. The van der Waals surface area contributed by atoms with Gasteiger partial charge in [-0.05, 0) is 56.5 Å². The Hall–Kier alpha value is -2.29. The van der Waals surface area contributed by atoms with Gasteiger partial charge in [0.25, 0.3) is 0 Å². The fourth-order valence-corrected chi connectivity index (χ4v) is 2.66. The van der Waals surface area contributed by atoms with Gasteiger partial charge < -0.3 is 9.47 Å². The average molecular weight is 340 g/mol. The predicted octanol–water partition coefficient (Wildman–Crippen LogP) is 5.35. The van der Waals surface area contributed by atoms with Crippen molar-refractivity contribution in [2.75, 3.05) is 0 Å². The Kier molecular flexibility index (Phi) is 6.24. The van der Waals surface area contributed by atoms with E-state index >= 15 is 0 Å². The second kappa shape index (κ2) is 8.19. The van der Waals surface area contributed by atoms with Crippen LogP contribution in [0.25, 0.3) is 0 Å². The monoisotopic (exact) mass is 340 g/mol. The molecule has 0 radical (unpaired) electrons. The van der Waals surface area contributed by atoms with E-state index in [1.807, 2.05) is 83.1 Å². The number of hydrogen-bond donors (Lipinski definition) is 0. The van der Waals surface area contributed by atoms with Gasteiger partial charge in [-0.3, -0.25) is 4.79 Å². The van der Waals surface area contributed by atoms with Crippen LogP contribution in [0.2, 0.25) is 0 Å². The van der Waals surface area contributed by atoms with E-state index in [1.54, 1.807) is 0 Å². The standard InChI is InChI=1S/C22H28O3/c1-6-16(2)21(23)22(4,5)25-19-13-11-18(12-14-19)15-24-20-10-8-7-9-17(20)3/h7-14,16H,6,15H2,1-5H3. The zero-order valence-corrected chi connectivity index (χ0v) is 15.8. The van der Waals surface area contributed by atoms with E-state index in [0.29, 0.717) is 12.4 Å². The fourth-order valence-electron chi connectivity index (χ4n) is 2.66. The first-order valence-electron chi connectivity index (χ1n) is 8.84. The van der Waals surface area contributed by atoms with Crippen molar-refractivity contribution in [3.63, 3.8) is 0 Å². The molecule has 3 heteroatoms. The van der Waals surface area contributed by atoms with E-state index < -0.39 is 5.60 Å². The van der Waals surface area contributed by atoms with E-state index in [0.717, 1.165) is 23.3 Å². The first-order chi connectivity index (χ1) is 11.8. The molecule has 0 aliphatic carbocycles. The van der Waals surface area contributed by atoms with Crippen LogP contribution in [-0.2, 0) is 11.4 Å². The van der Waals surface area contributed by atoms with E-state index in [-0.39, 0.29) is 11.7 Å². The summed E-state index contributed by atoms with van der Waals surface area (Å²) in [6.45, 7) is 10.2. The molecule has 0 saturated heterocycles. The molecule has 0 bridgehead atoms. The fraction of sp³-hybridized carbons (Fsp3) is 0.409. The molecule has 2 rings (SSSR count). The molecule has 0 fully saturated rings. The SMILES string of the molecule is CCC(C)C(=O)C(C)(C)Oc1ccc(COc2ccccc2C)cc1. The first kappa shape index (κ1) is 19.0. The predicted molar refractivity (Wildman–Crippen MR) is 101 cm³/mol. The van der Waals surface area contributed by atoms with Crippen LogP contribution in [0.15, 0.2) is 48.5 Å². The quantitative estimate of drug-likeness (QED) is 0.650. The zero-order valence-electron chi connectivity index (χ0n) is 15.8. The summed E-state index contributed by atoms with van der Waals surface area (Å²) in [7, 11) is 0. The number of ether oxygens (including phenoxy) is 2. The molecule has 0 N–H and O–H groups in total. The highest BCUT2D eigenvalue weighted by molar-refractivity contribution is 5.88. The van der Waals surface area contributed by atoms with Crippen molar-refractivity contribution >= 4 is 5.78 Å². The molecule has 2 aromatic rings. The van der Waals surface area contributed by atoms with Crippen LogP contribution in [0.4, 0.5) is 0 Å². The van der Waals surface area contributed by atoms with Crippen molar-refractivity contribution in [2.45, 2.75) is 53.2 Å². The van der Waals surface area contributed by atoms with Gasteiger partial charge in [-0.2, -0.15) is 0 Å². The zero-order chi connectivity index (χ0) is 18.4. The Bertz CT molecular complexity index is 701. The highest BCUT2D eigenvalue weighted by atomic mass is 16.5. The number of para-hydroxylation sites is 1. The summed E-state index contributed by atoms with van der Waals surface area (Å²) in [6, 6.07) is 15.7. The molecule has 0 aromatic heterocycles. The van der Waals surface area contributed by atoms with Crippen LogP contribution >= 0.6 is 0 Å². The van der Waals surface area contributed by atoms with Gasteiger partial charge in [0, 0.05) is 5.92 Å². The normalized spacial score (nSPS) is 12.5. The van der Waals surface area contributed by atoms with Crippen LogP contribution < -0.4 is 9.47 Å². The molecule has 134 valence electrons. The maximum absolute atomic E-state index is 12.4. The number of carbonyl (C=O) groups excluding carboxylic acids is 1. The highest BCUT2D eigenvalue weighted by Crippen LogP contribution is 2.24. The minimum absolute atomic E-state index is 0.00298. The molecular weight excluding hydrogens is 312 g/mol. The van der Waals surface area contributed by atoms with Crippen LogP contribution in [0.5, 0.6) is 11.5 Å². The van der Waals surface area contributed by atoms with Gasteiger partial charge in [0.2, 0.25) is 0 Å².